The van der Waals surface area contributed by atoms with E-state index >= 15 is 0 Å². The van der Waals surface area contributed by atoms with E-state index < -0.39 is 41.1 Å². The van der Waals surface area contributed by atoms with E-state index in [0.717, 1.165) is 5.56 Å². The van der Waals surface area contributed by atoms with E-state index in [4.69, 9.17) is 9.47 Å². The third-order valence-corrected chi connectivity index (χ3v) is 4.54. The van der Waals surface area contributed by atoms with Gasteiger partial charge in [0.05, 0.1) is 25.7 Å². The van der Waals surface area contributed by atoms with Crippen LogP contribution in [-0.4, -0.2) is 42.6 Å². The molecule has 0 saturated heterocycles. The van der Waals surface area contributed by atoms with Crippen LogP contribution in [0.5, 0.6) is 0 Å². The molecule has 6 nitrogen and oxygen atoms in total. The van der Waals surface area contributed by atoms with E-state index in [9.17, 15) is 19.5 Å². The molecule has 0 bridgehead atoms. The van der Waals surface area contributed by atoms with Gasteiger partial charge >= 0.3 is 11.9 Å². The number of benzene rings is 1. The van der Waals surface area contributed by atoms with Crippen molar-refractivity contribution in [2.45, 2.75) is 18.9 Å². The van der Waals surface area contributed by atoms with Gasteiger partial charge in [-0.25, -0.2) is 0 Å². The Kier molecular flexibility index (Phi) is 5.74. The number of esters is 2. The van der Waals surface area contributed by atoms with Gasteiger partial charge in [-0.05, 0) is 12.5 Å². The molecular weight excluding hydrogens is 324 g/mol. The van der Waals surface area contributed by atoms with Gasteiger partial charge in [0.2, 0.25) is 0 Å². The minimum absolute atomic E-state index is 0.317. The molecule has 6 heteroatoms. The molecule has 1 aliphatic rings. The molecule has 0 spiro atoms. The number of aliphatic hydroxyl groups is 1. The van der Waals surface area contributed by atoms with Crippen LogP contribution in [0.3, 0.4) is 0 Å². The Morgan fingerprint density at radius 2 is 1.76 bits per heavy atom. The summed E-state index contributed by atoms with van der Waals surface area (Å²) in [6.45, 7) is 1.41. The van der Waals surface area contributed by atoms with Gasteiger partial charge < -0.3 is 14.6 Å². The topological polar surface area (TPSA) is 89.9 Å². The van der Waals surface area contributed by atoms with Crippen LogP contribution in [0.25, 0.3) is 6.08 Å². The number of ketones is 1. The quantitative estimate of drug-likeness (QED) is 0.658. The van der Waals surface area contributed by atoms with Gasteiger partial charge in [0, 0.05) is 12.3 Å². The van der Waals surface area contributed by atoms with E-state index in [1.54, 1.807) is 12.2 Å². The van der Waals surface area contributed by atoms with E-state index in [0.29, 0.717) is 0 Å². The minimum Gasteiger partial charge on any atom is -0.469 e. The van der Waals surface area contributed by atoms with Gasteiger partial charge in [-0.15, -0.1) is 0 Å². The van der Waals surface area contributed by atoms with Crippen molar-refractivity contribution in [1.82, 2.24) is 0 Å². The molecule has 134 valence electrons. The number of Topliss-reactive ketones (excluding diaryl/α,β-unsaturated/α-hetero) is 1. The summed E-state index contributed by atoms with van der Waals surface area (Å²) < 4.78 is 9.55. The number of hydrogen-bond donors (Lipinski definition) is 1. The normalized spacial score (nSPS) is 29.4. The lowest BCUT2D eigenvalue weighted by Crippen LogP contribution is -2.55. The highest BCUT2D eigenvalue weighted by atomic mass is 16.5. The summed E-state index contributed by atoms with van der Waals surface area (Å²) in [4.78, 5) is 36.9. The monoisotopic (exact) mass is 346 g/mol. The van der Waals surface area contributed by atoms with Gasteiger partial charge in [-0.3, -0.25) is 14.4 Å². The third-order valence-electron chi connectivity index (χ3n) is 4.54. The molecule has 0 unspecified atom stereocenters. The molecule has 1 aromatic rings. The van der Waals surface area contributed by atoms with Gasteiger partial charge in [0.25, 0.3) is 0 Å². The molecule has 1 N–H and O–H groups in total. The van der Waals surface area contributed by atoms with E-state index in [2.05, 4.69) is 0 Å². The molecular formula is C19H22O6. The summed E-state index contributed by atoms with van der Waals surface area (Å²) in [7, 11) is 2.40. The minimum atomic E-state index is -1.61. The first-order chi connectivity index (χ1) is 11.8. The summed E-state index contributed by atoms with van der Waals surface area (Å²) in [6, 6.07) is 9.24. The first-order valence-corrected chi connectivity index (χ1v) is 7.96. The molecule has 25 heavy (non-hydrogen) atoms. The molecule has 1 aromatic carbocycles. The molecule has 1 fully saturated rings. The van der Waals surface area contributed by atoms with Crippen LogP contribution in [0.4, 0.5) is 0 Å². The second-order valence-corrected chi connectivity index (χ2v) is 6.35. The van der Waals surface area contributed by atoms with E-state index in [-0.39, 0.29) is 6.42 Å². The number of hydrogen-bond acceptors (Lipinski definition) is 6. The fourth-order valence-electron chi connectivity index (χ4n) is 3.36. The van der Waals surface area contributed by atoms with Crippen molar-refractivity contribution < 1.29 is 29.0 Å². The van der Waals surface area contributed by atoms with Crippen molar-refractivity contribution in [1.29, 1.82) is 0 Å². The average molecular weight is 346 g/mol. The Morgan fingerprint density at radius 3 is 2.32 bits per heavy atom. The Hall–Kier alpha value is -2.47. The Labute approximate surface area is 146 Å². The average Bonchev–Trinajstić information content (AvgIpc) is 2.58. The number of carbonyl (C=O) groups is 3. The first kappa shape index (κ1) is 18.9. The van der Waals surface area contributed by atoms with Crippen molar-refractivity contribution >= 4 is 23.8 Å². The molecule has 0 aliphatic heterocycles. The van der Waals surface area contributed by atoms with Crippen LogP contribution < -0.4 is 0 Å². The SMILES string of the molecule is COC(=O)[C@@H]1C(=O)C[C@](C)(O)[C@H](C(=O)OC)[C@@H]1/C=C\c1ccccc1. The third kappa shape index (κ3) is 3.96. The molecule has 4 atom stereocenters. The summed E-state index contributed by atoms with van der Waals surface area (Å²) in [5.74, 6) is -4.93. The van der Waals surface area contributed by atoms with Gasteiger partial charge in [-0.2, -0.15) is 0 Å². The summed E-state index contributed by atoms with van der Waals surface area (Å²) in [5, 5.41) is 10.6. The highest BCUT2D eigenvalue weighted by Gasteiger charge is 2.55. The molecule has 0 radical (unpaired) electrons. The van der Waals surface area contributed by atoms with Crippen molar-refractivity contribution in [2.24, 2.45) is 17.8 Å². The lowest BCUT2D eigenvalue weighted by Gasteiger charge is -2.42. The van der Waals surface area contributed by atoms with E-state index in [1.807, 2.05) is 30.3 Å². The molecule has 1 saturated carbocycles. The highest BCUT2D eigenvalue weighted by Crippen LogP contribution is 2.42. The van der Waals surface area contributed by atoms with Crippen LogP contribution in [0.2, 0.25) is 0 Å². The summed E-state index contributed by atoms with van der Waals surface area (Å²) in [5.41, 5.74) is -0.771. The maximum absolute atomic E-state index is 12.4. The van der Waals surface area contributed by atoms with Crippen molar-refractivity contribution in [3.8, 4) is 0 Å². The maximum atomic E-state index is 12.4. The van der Waals surface area contributed by atoms with Crippen molar-refractivity contribution in [3.05, 3.63) is 42.0 Å². The number of ether oxygens (including phenoxy) is 2. The van der Waals surface area contributed by atoms with Crippen LogP contribution in [0.1, 0.15) is 18.9 Å². The molecule has 0 aromatic heterocycles. The van der Waals surface area contributed by atoms with Crippen LogP contribution in [0, 0.1) is 17.8 Å². The summed E-state index contributed by atoms with van der Waals surface area (Å²) in [6.07, 6.45) is 3.00. The lowest BCUT2D eigenvalue weighted by molar-refractivity contribution is -0.172. The largest absolute Gasteiger partial charge is 0.469 e. The zero-order valence-corrected chi connectivity index (χ0v) is 14.5. The maximum Gasteiger partial charge on any atom is 0.316 e. The van der Waals surface area contributed by atoms with E-state index in [1.165, 1.54) is 21.1 Å². The smallest absolute Gasteiger partial charge is 0.316 e. The number of allylic oxidation sites excluding steroid dienone is 1. The predicted octanol–water partition coefficient (Wildman–Crippen LogP) is 1.62. The van der Waals surface area contributed by atoms with Gasteiger partial charge in [0.1, 0.15) is 5.92 Å². The second-order valence-electron chi connectivity index (χ2n) is 6.35. The molecule has 1 aliphatic carbocycles. The Morgan fingerprint density at radius 1 is 1.16 bits per heavy atom. The van der Waals surface area contributed by atoms with Crippen molar-refractivity contribution in [3.63, 3.8) is 0 Å². The van der Waals surface area contributed by atoms with Gasteiger partial charge in [0.15, 0.2) is 5.78 Å². The highest BCUT2D eigenvalue weighted by molar-refractivity contribution is 6.02. The first-order valence-electron chi connectivity index (χ1n) is 7.96. The Balaban J connectivity index is 2.49. The van der Waals surface area contributed by atoms with Crippen LogP contribution >= 0.6 is 0 Å². The second kappa shape index (κ2) is 7.61. The van der Waals surface area contributed by atoms with Crippen LogP contribution in [0.15, 0.2) is 36.4 Å². The zero-order valence-electron chi connectivity index (χ0n) is 14.5. The standard InChI is InChI=1S/C19H22O6/c1-19(23)11-14(20)15(17(21)24-2)13(16(19)18(22)25-3)10-9-12-7-5-4-6-8-12/h4-10,13,15-16,23H,11H2,1-3H3/b10-9-/t13-,15+,16+,19+/m1/s1. The fraction of sp³-hybridized carbons (Fsp3) is 0.421. The molecule has 0 amide bonds. The number of methoxy groups -OCH3 is 2. The van der Waals surface area contributed by atoms with Gasteiger partial charge in [-0.1, -0.05) is 42.5 Å². The zero-order chi connectivity index (χ0) is 18.6. The summed E-state index contributed by atoms with van der Waals surface area (Å²) >= 11 is 0. The number of rotatable bonds is 4. The number of carbonyl (C=O) groups excluding carboxylic acids is 3. The molecule has 2 rings (SSSR count). The fourth-order valence-corrected chi connectivity index (χ4v) is 3.36. The predicted molar refractivity (Wildman–Crippen MR) is 90.2 cm³/mol. The van der Waals surface area contributed by atoms with Crippen molar-refractivity contribution in [2.75, 3.05) is 14.2 Å². The Bertz CT molecular complexity index is 676. The van der Waals surface area contributed by atoms with Crippen LogP contribution in [-0.2, 0) is 23.9 Å². The lowest BCUT2D eigenvalue weighted by atomic mass is 9.63. The molecule has 0 heterocycles.